The second-order valence-corrected chi connectivity index (χ2v) is 12.2. The Morgan fingerprint density at radius 2 is 1.56 bits per heavy atom. The molecule has 0 radical (unpaired) electrons. The lowest BCUT2D eigenvalue weighted by Gasteiger charge is -2.32. The third-order valence-electron chi connectivity index (χ3n) is 3.15. The van der Waals surface area contributed by atoms with E-state index < -0.39 is 8.07 Å². The Morgan fingerprint density at radius 3 is 1.89 bits per heavy atom. The Morgan fingerprint density at radius 1 is 1.06 bits per heavy atom. The van der Waals surface area contributed by atoms with Crippen LogP contribution in [0.25, 0.3) is 5.57 Å². The van der Waals surface area contributed by atoms with Crippen molar-refractivity contribution in [3.8, 4) is 0 Å². The van der Waals surface area contributed by atoms with Crippen LogP contribution in [0.2, 0.25) is 19.6 Å². The second kappa shape index (κ2) is 5.62. The van der Waals surface area contributed by atoms with Crippen molar-refractivity contribution >= 4 is 25.2 Å². The molecular weight excluding hydrogens is 256 g/mol. The third-order valence-corrected chi connectivity index (χ3v) is 5.88. The van der Waals surface area contributed by atoms with Crippen molar-refractivity contribution in [1.29, 1.82) is 0 Å². The molecule has 0 amide bonds. The molecule has 1 rings (SSSR count). The van der Waals surface area contributed by atoms with Gasteiger partial charge in [0, 0.05) is 5.88 Å². The molecule has 0 fully saturated rings. The first-order valence-electron chi connectivity index (χ1n) is 6.53. The largest absolute Gasteiger partial charge is 0.122 e. The van der Waals surface area contributed by atoms with Crippen LogP contribution in [-0.4, -0.2) is 14.0 Å². The van der Waals surface area contributed by atoms with E-state index in [0.29, 0.717) is 5.88 Å². The van der Waals surface area contributed by atoms with Gasteiger partial charge in [-0.05, 0) is 16.6 Å². The maximum Gasteiger partial charge on any atom is 0.0744 e. The summed E-state index contributed by atoms with van der Waals surface area (Å²) in [5.41, 5.74) is 2.90. The van der Waals surface area contributed by atoms with Crippen LogP contribution in [0.1, 0.15) is 26.3 Å². The van der Waals surface area contributed by atoms with Crippen LogP contribution in [0.15, 0.2) is 35.5 Å². The Bertz CT molecular complexity index is 419. The quantitative estimate of drug-likeness (QED) is 0.499. The van der Waals surface area contributed by atoms with E-state index in [1.165, 1.54) is 16.3 Å². The minimum atomic E-state index is -1.39. The van der Waals surface area contributed by atoms with E-state index in [9.17, 15) is 0 Å². The van der Waals surface area contributed by atoms with Crippen molar-refractivity contribution in [3.63, 3.8) is 0 Å². The van der Waals surface area contributed by atoms with Gasteiger partial charge >= 0.3 is 0 Å². The first-order chi connectivity index (χ1) is 8.18. The smallest absolute Gasteiger partial charge is 0.0744 e. The maximum atomic E-state index is 6.28. The van der Waals surface area contributed by atoms with Gasteiger partial charge in [0.25, 0.3) is 0 Å². The van der Waals surface area contributed by atoms with Crippen LogP contribution in [0, 0.1) is 5.41 Å². The first kappa shape index (κ1) is 15.5. The fourth-order valence-corrected chi connectivity index (χ4v) is 5.31. The van der Waals surface area contributed by atoms with Gasteiger partial charge in [0.05, 0.1) is 8.07 Å². The van der Waals surface area contributed by atoms with Crippen molar-refractivity contribution in [2.75, 3.05) is 5.88 Å². The van der Waals surface area contributed by atoms with Gasteiger partial charge in [-0.2, -0.15) is 0 Å². The number of allylic oxidation sites excluding steroid dienone is 2. The van der Waals surface area contributed by atoms with Crippen LogP contribution in [0.4, 0.5) is 0 Å². The lowest BCUT2D eigenvalue weighted by molar-refractivity contribution is 0.565. The number of benzene rings is 1. The minimum Gasteiger partial charge on any atom is -0.122 e. The molecule has 0 saturated carbocycles. The van der Waals surface area contributed by atoms with Gasteiger partial charge in [0.2, 0.25) is 0 Å². The Hall–Kier alpha value is -0.533. The molecule has 1 aromatic carbocycles. The lowest BCUT2D eigenvalue weighted by atomic mass is 9.82. The molecule has 18 heavy (non-hydrogen) atoms. The van der Waals surface area contributed by atoms with Crippen molar-refractivity contribution in [1.82, 2.24) is 0 Å². The maximum absolute atomic E-state index is 6.28. The average Bonchev–Trinajstić information content (AvgIpc) is 2.23. The van der Waals surface area contributed by atoms with Crippen LogP contribution in [0.3, 0.4) is 0 Å². The molecule has 0 aromatic heterocycles. The molecule has 0 aliphatic rings. The molecule has 0 aliphatic carbocycles. The van der Waals surface area contributed by atoms with Gasteiger partial charge in [-0.25, -0.2) is 0 Å². The summed E-state index contributed by atoms with van der Waals surface area (Å²) in [6, 6.07) is 10.7. The monoisotopic (exact) mass is 280 g/mol. The minimum absolute atomic E-state index is 0.131. The predicted octanol–water partition coefficient (Wildman–Crippen LogP) is 5.60. The highest BCUT2D eigenvalue weighted by atomic mass is 35.5. The highest BCUT2D eigenvalue weighted by Gasteiger charge is 2.29. The topological polar surface area (TPSA) is 0 Å². The van der Waals surface area contributed by atoms with Crippen molar-refractivity contribution in [3.05, 3.63) is 41.1 Å². The summed E-state index contributed by atoms with van der Waals surface area (Å²) in [5.74, 6) is 0.650. The van der Waals surface area contributed by atoms with E-state index in [1.54, 1.807) is 0 Å². The molecule has 2 heteroatoms. The summed E-state index contributed by atoms with van der Waals surface area (Å²) in [5, 5.41) is 1.47. The standard InChI is InChI=1S/C16H25ClSi/c1-16(2,3)15(13-10-8-7-9-11-13)14(12-17)18(4,5)6/h7-11H,12H2,1-6H3/b15-14-. The fourth-order valence-electron chi connectivity index (χ4n) is 2.31. The van der Waals surface area contributed by atoms with Crippen LogP contribution in [-0.2, 0) is 0 Å². The number of hydrogen-bond donors (Lipinski definition) is 0. The Labute approximate surface area is 118 Å². The van der Waals surface area contributed by atoms with Crippen LogP contribution >= 0.6 is 11.6 Å². The molecule has 0 N–H and O–H groups in total. The van der Waals surface area contributed by atoms with Gasteiger partial charge in [0.1, 0.15) is 0 Å². The molecule has 0 unspecified atom stereocenters. The zero-order valence-electron chi connectivity index (χ0n) is 12.5. The normalized spacial score (nSPS) is 14.4. The first-order valence-corrected chi connectivity index (χ1v) is 10.6. The predicted molar refractivity (Wildman–Crippen MR) is 86.9 cm³/mol. The Balaban J connectivity index is 3.53. The van der Waals surface area contributed by atoms with E-state index in [4.69, 9.17) is 11.6 Å². The van der Waals surface area contributed by atoms with Crippen LogP contribution < -0.4 is 0 Å². The summed E-state index contributed by atoms with van der Waals surface area (Å²) in [6.45, 7) is 14.0. The van der Waals surface area contributed by atoms with E-state index in [2.05, 4.69) is 70.7 Å². The summed E-state index contributed by atoms with van der Waals surface area (Å²) in [6.07, 6.45) is 0. The Kier molecular flexibility index (Phi) is 4.85. The zero-order chi connectivity index (χ0) is 14.0. The number of hydrogen-bond acceptors (Lipinski definition) is 0. The molecule has 0 saturated heterocycles. The molecule has 1 aromatic rings. The summed E-state index contributed by atoms with van der Waals surface area (Å²) in [4.78, 5) is 0. The van der Waals surface area contributed by atoms with Crippen molar-refractivity contribution in [2.24, 2.45) is 5.41 Å². The lowest BCUT2D eigenvalue weighted by Crippen LogP contribution is -2.29. The molecule has 100 valence electrons. The summed E-state index contributed by atoms with van der Waals surface area (Å²) >= 11 is 6.28. The van der Waals surface area contributed by atoms with Crippen LogP contribution in [0.5, 0.6) is 0 Å². The van der Waals surface area contributed by atoms with Gasteiger partial charge in [0.15, 0.2) is 0 Å². The highest BCUT2D eigenvalue weighted by molar-refractivity contribution is 6.84. The van der Waals surface area contributed by atoms with Gasteiger partial charge in [-0.15, -0.1) is 11.6 Å². The zero-order valence-corrected chi connectivity index (χ0v) is 14.2. The molecule has 0 spiro atoms. The fraction of sp³-hybridized carbons (Fsp3) is 0.500. The number of rotatable bonds is 3. The van der Waals surface area contributed by atoms with Gasteiger partial charge in [-0.1, -0.05) is 75.9 Å². The van der Waals surface area contributed by atoms with E-state index in [0.717, 1.165) is 0 Å². The molecule has 0 bridgehead atoms. The summed E-state index contributed by atoms with van der Waals surface area (Å²) in [7, 11) is -1.39. The van der Waals surface area contributed by atoms with E-state index in [-0.39, 0.29) is 5.41 Å². The molecular formula is C16H25ClSi. The molecule has 0 atom stereocenters. The average molecular weight is 281 g/mol. The molecule has 0 heterocycles. The number of alkyl halides is 1. The SMILES string of the molecule is CC(C)(C)/C(=C(/CCl)[Si](C)(C)C)c1ccccc1. The van der Waals surface area contributed by atoms with Gasteiger partial charge in [-0.3, -0.25) is 0 Å². The summed E-state index contributed by atoms with van der Waals surface area (Å²) < 4.78 is 0. The third kappa shape index (κ3) is 3.73. The van der Waals surface area contributed by atoms with E-state index >= 15 is 0 Å². The number of halogens is 1. The highest BCUT2D eigenvalue weighted by Crippen LogP contribution is 2.39. The van der Waals surface area contributed by atoms with Crippen molar-refractivity contribution < 1.29 is 0 Å². The van der Waals surface area contributed by atoms with E-state index in [1.807, 2.05) is 0 Å². The van der Waals surface area contributed by atoms with Crippen molar-refractivity contribution in [2.45, 2.75) is 40.4 Å². The molecule has 0 aliphatic heterocycles. The van der Waals surface area contributed by atoms with Gasteiger partial charge < -0.3 is 0 Å². The second-order valence-electron chi connectivity index (χ2n) is 6.85. The molecule has 0 nitrogen and oxygen atoms in total.